The lowest BCUT2D eigenvalue weighted by Gasteiger charge is -2.02. The smallest absolute Gasteiger partial charge is 0.134 e. The maximum absolute atomic E-state index is 9.29. The maximum Gasteiger partial charge on any atom is 0.134 e. The summed E-state index contributed by atoms with van der Waals surface area (Å²) < 4.78 is 5.66. The zero-order chi connectivity index (χ0) is 12.4. The van der Waals surface area contributed by atoms with Crippen molar-refractivity contribution in [3.05, 3.63) is 46.7 Å². The fraction of sp³-hybridized carbons (Fsp3) is 0.286. The van der Waals surface area contributed by atoms with Gasteiger partial charge in [0.25, 0.3) is 0 Å². The molecule has 1 aromatic carbocycles. The van der Waals surface area contributed by atoms with Gasteiger partial charge < -0.3 is 9.52 Å². The molecule has 0 saturated carbocycles. The van der Waals surface area contributed by atoms with Crippen LogP contribution in [0.2, 0.25) is 5.02 Å². The predicted molar refractivity (Wildman–Crippen MR) is 69.3 cm³/mol. The number of halogens is 1. The van der Waals surface area contributed by atoms with Gasteiger partial charge in [0.05, 0.1) is 6.10 Å². The van der Waals surface area contributed by atoms with Crippen molar-refractivity contribution >= 4 is 11.6 Å². The van der Waals surface area contributed by atoms with Crippen LogP contribution in [0.3, 0.4) is 0 Å². The van der Waals surface area contributed by atoms with E-state index in [1.165, 1.54) is 0 Å². The number of furan rings is 1. The van der Waals surface area contributed by atoms with Crippen LogP contribution in [0.4, 0.5) is 0 Å². The lowest BCUT2D eigenvalue weighted by Crippen LogP contribution is -2.02. The third kappa shape index (κ3) is 2.90. The predicted octanol–water partition coefficient (Wildman–Crippen LogP) is 3.83. The molecular weight excluding hydrogens is 236 g/mol. The summed E-state index contributed by atoms with van der Waals surface area (Å²) in [6.07, 6.45) is 0.134. The molecule has 0 saturated heterocycles. The Bertz CT molecular complexity index is 515. The van der Waals surface area contributed by atoms with Crippen LogP contribution in [-0.2, 0) is 6.42 Å². The summed E-state index contributed by atoms with van der Waals surface area (Å²) in [5, 5.41) is 10.0. The Balaban J connectivity index is 2.27. The summed E-state index contributed by atoms with van der Waals surface area (Å²) in [5.74, 6) is 1.56. The van der Waals surface area contributed by atoms with Crippen molar-refractivity contribution in [1.82, 2.24) is 0 Å². The highest BCUT2D eigenvalue weighted by Crippen LogP contribution is 2.27. The zero-order valence-corrected chi connectivity index (χ0v) is 10.7. The third-order valence-electron chi connectivity index (χ3n) is 2.61. The average Bonchev–Trinajstić information content (AvgIpc) is 2.69. The fourth-order valence-corrected chi connectivity index (χ4v) is 1.86. The van der Waals surface area contributed by atoms with E-state index in [4.69, 9.17) is 16.0 Å². The summed E-state index contributed by atoms with van der Waals surface area (Å²) in [7, 11) is 0. The van der Waals surface area contributed by atoms with Crippen LogP contribution >= 0.6 is 11.6 Å². The molecule has 2 aromatic rings. The molecule has 0 amide bonds. The van der Waals surface area contributed by atoms with E-state index in [0.717, 1.165) is 27.7 Å². The lowest BCUT2D eigenvalue weighted by molar-refractivity contribution is 0.187. The van der Waals surface area contributed by atoms with E-state index in [1.807, 2.05) is 37.3 Å². The van der Waals surface area contributed by atoms with E-state index >= 15 is 0 Å². The molecule has 2 rings (SSSR count). The van der Waals surface area contributed by atoms with Crippen LogP contribution in [0.5, 0.6) is 0 Å². The molecule has 90 valence electrons. The second kappa shape index (κ2) is 4.94. The highest BCUT2D eigenvalue weighted by Gasteiger charge is 2.08. The SMILES string of the molecule is Cc1ccc(-c2ccc(CC(C)O)o2)cc1Cl. The molecule has 2 nitrogen and oxygen atoms in total. The van der Waals surface area contributed by atoms with Crippen LogP contribution in [0.1, 0.15) is 18.2 Å². The Labute approximate surface area is 106 Å². The van der Waals surface area contributed by atoms with Crippen molar-refractivity contribution in [3.8, 4) is 11.3 Å². The van der Waals surface area contributed by atoms with Crippen LogP contribution in [0.25, 0.3) is 11.3 Å². The van der Waals surface area contributed by atoms with Gasteiger partial charge in [0.15, 0.2) is 0 Å². The Morgan fingerprint density at radius 3 is 2.71 bits per heavy atom. The van der Waals surface area contributed by atoms with E-state index in [2.05, 4.69) is 0 Å². The molecule has 0 fully saturated rings. The number of aliphatic hydroxyl groups excluding tert-OH is 1. The van der Waals surface area contributed by atoms with Gasteiger partial charge in [-0.2, -0.15) is 0 Å². The first-order valence-corrected chi connectivity index (χ1v) is 5.97. The Hall–Kier alpha value is -1.25. The molecule has 1 atom stereocenters. The zero-order valence-electron chi connectivity index (χ0n) is 9.90. The van der Waals surface area contributed by atoms with Crippen LogP contribution < -0.4 is 0 Å². The monoisotopic (exact) mass is 250 g/mol. The molecule has 0 bridgehead atoms. The number of hydrogen-bond donors (Lipinski definition) is 1. The largest absolute Gasteiger partial charge is 0.461 e. The highest BCUT2D eigenvalue weighted by atomic mass is 35.5. The Morgan fingerprint density at radius 1 is 1.29 bits per heavy atom. The minimum Gasteiger partial charge on any atom is -0.461 e. The Morgan fingerprint density at radius 2 is 2.06 bits per heavy atom. The van der Waals surface area contributed by atoms with E-state index < -0.39 is 6.10 Å². The Kier molecular flexibility index (Phi) is 3.55. The molecule has 0 aliphatic rings. The normalized spacial score (nSPS) is 12.7. The summed E-state index contributed by atoms with van der Waals surface area (Å²) in [4.78, 5) is 0. The fourth-order valence-electron chi connectivity index (χ4n) is 1.68. The number of benzene rings is 1. The van der Waals surface area contributed by atoms with Crippen molar-refractivity contribution < 1.29 is 9.52 Å². The summed E-state index contributed by atoms with van der Waals surface area (Å²) in [5.41, 5.74) is 2.00. The van der Waals surface area contributed by atoms with Gasteiger partial charge >= 0.3 is 0 Å². The van der Waals surface area contributed by atoms with Gasteiger partial charge in [-0.05, 0) is 37.6 Å². The summed E-state index contributed by atoms with van der Waals surface area (Å²) >= 11 is 6.07. The van der Waals surface area contributed by atoms with E-state index in [9.17, 15) is 5.11 Å². The average molecular weight is 251 g/mol. The second-order valence-corrected chi connectivity index (χ2v) is 4.69. The van der Waals surface area contributed by atoms with Crippen LogP contribution in [0.15, 0.2) is 34.7 Å². The molecule has 1 unspecified atom stereocenters. The highest BCUT2D eigenvalue weighted by molar-refractivity contribution is 6.31. The third-order valence-corrected chi connectivity index (χ3v) is 3.02. The van der Waals surface area contributed by atoms with E-state index in [0.29, 0.717) is 6.42 Å². The van der Waals surface area contributed by atoms with E-state index in [1.54, 1.807) is 6.92 Å². The molecule has 3 heteroatoms. The summed E-state index contributed by atoms with van der Waals surface area (Å²) in [6.45, 7) is 3.71. The number of rotatable bonds is 3. The molecule has 0 radical (unpaired) electrons. The summed E-state index contributed by atoms with van der Waals surface area (Å²) in [6, 6.07) is 9.62. The molecule has 1 N–H and O–H groups in total. The molecule has 1 heterocycles. The van der Waals surface area contributed by atoms with Crippen LogP contribution in [-0.4, -0.2) is 11.2 Å². The minimum absolute atomic E-state index is 0.393. The number of aliphatic hydroxyl groups is 1. The second-order valence-electron chi connectivity index (χ2n) is 4.28. The topological polar surface area (TPSA) is 33.4 Å². The standard InChI is InChI=1S/C14H15ClO2/c1-9-3-4-11(8-13(9)15)14-6-5-12(17-14)7-10(2)16/h3-6,8,10,16H,7H2,1-2H3. The molecule has 0 aliphatic heterocycles. The van der Waals surface area contributed by atoms with Gasteiger partial charge in [-0.25, -0.2) is 0 Å². The lowest BCUT2D eigenvalue weighted by atomic mass is 10.1. The van der Waals surface area contributed by atoms with E-state index in [-0.39, 0.29) is 0 Å². The molecule has 0 aliphatic carbocycles. The molecular formula is C14H15ClO2. The van der Waals surface area contributed by atoms with Gasteiger partial charge in [0.1, 0.15) is 11.5 Å². The van der Waals surface area contributed by atoms with Crippen molar-refractivity contribution in [1.29, 1.82) is 0 Å². The van der Waals surface area contributed by atoms with Gasteiger partial charge in [-0.1, -0.05) is 23.7 Å². The minimum atomic E-state index is -0.393. The first-order chi connectivity index (χ1) is 8.06. The van der Waals surface area contributed by atoms with Gasteiger partial charge in [-0.15, -0.1) is 0 Å². The van der Waals surface area contributed by atoms with Crippen molar-refractivity contribution in [3.63, 3.8) is 0 Å². The van der Waals surface area contributed by atoms with Crippen LogP contribution in [0, 0.1) is 6.92 Å². The maximum atomic E-state index is 9.29. The number of hydrogen-bond acceptors (Lipinski definition) is 2. The van der Waals surface area contributed by atoms with Crippen molar-refractivity contribution in [2.75, 3.05) is 0 Å². The van der Waals surface area contributed by atoms with Gasteiger partial charge in [-0.3, -0.25) is 0 Å². The first kappa shape index (κ1) is 12.2. The number of aryl methyl sites for hydroxylation is 1. The van der Waals surface area contributed by atoms with Crippen molar-refractivity contribution in [2.24, 2.45) is 0 Å². The molecule has 1 aromatic heterocycles. The molecule has 0 spiro atoms. The van der Waals surface area contributed by atoms with Gasteiger partial charge in [0.2, 0.25) is 0 Å². The molecule has 17 heavy (non-hydrogen) atoms. The quantitative estimate of drug-likeness (QED) is 0.898. The van der Waals surface area contributed by atoms with Gasteiger partial charge in [0, 0.05) is 17.0 Å². The first-order valence-electron chi connectivity index (χ1n) is 5.59. The van der Waals surface area contributed by atoms with Crippen molar-refractivity contribution in [2.45, 2.75) is 26.4 Å².